The third-order valence-corrected chi connectivity index (χ3v) is 5.88. The molecule has 0 bridgehead atoms. The SMILES string of the molecule is ClN(c1ccccc1)C1CCC(c2nnn3cnc4[nH]ccc4c23)CC1. The molecule has 0 aliphatic heterocycles. The maximum Gasteiger partial charge on any atom is 0.141 e. The van der Waals surface area contributed by atoms with Gasteiger partial charge in [-0.3, -0.25) is 4.42 Å². The van der Waals surface area contributed by atoms with Crippen molar-refractivity contribution >= 4 is 34.0 Å². The monoisotopic (exact) mass is 366 g/mol. The van der Waals surface area contributed by atoms with Crippen LogP contribution in [0.5, 0.6) is 0 Å². The highest BCUT2D eigenvalue weighted by molar-refractivity contribution is 6.25. The molecule has 1 N–H and O–H groups in total. The lowest BCUT2D eigenvalue weighted by atomic mass is 9.83. The van der Waals surface area contributed by atoms with Gasteiger partial charge in [0, 0.05) is 35.3 Å². The number of nitrogens with zero attached hydrogens (tertiary/aromatic N) is 5. The normalized spacial score (nSPS) is 20.7. The summed E-state index contributed by atoms with van der Waals surface area (Å²) in [4.78, 5) is 7.55. The number of anilines is 1. The molecule has 7 heteroatoms. The highest BCUT2D eigenvalue weighted by atomic mass is 35.5. The summed E-state index contributed by atoms with van der Waals surface area (Å²) >= 11 is 6.61. The molecular formula is C19H19ClN6. The summed E-state index contributed by atoms with van der Waals surface area (Å²) in [6, 6.07) is 12.6. The van der Waals surface area contributed by atoms with Gasteiger partial charge in [-0.15, -0.1) is 5.10 Å². The van der Waals surface area contributed by atoms with Gasteiger partial charge in [0.2, 0.25) is 0 Å². The smallest absolute Gasteiger partial charge is 0.141 e. The van der Waals surface area contributed by atoms with Gasteiger partial charge in [-0.2, -0.15) is 0 Å². The third kappa shape index (κ3) is 2.52. The fraction of sp³-hybridized carbons (Fsp3) is 0.316. The average Bonchev–Trinajstić information content (AvgIpc) is 3.34. The van der Waals surface area contributed by atoms with Gasteiger partial charge in [0.05, 0.1) is 11.4 Å². The lowest BCUT2D eigenvalue weighted by molar-refractivity contribution is 0.394. The fourth-order valence-electron chi connectivity index (χ4n) is 4.05. The van der Waals surface area contributed by atoms with Crippen LogP contribution in [0.2, 0.25) is 0 Å². The van der Waals surface area contributed by atoms with Crippen molar-refractivity contribution in [2.24, 2.45) is 0 Å². The minimum atomic E-state index is 0.353. The molecule has 26 heavy (non-hydrogen) atoms. The molecule has 1 aliphatic rings. The van der Waals surface area contributed by atoms with Crippen molar-refractivity contribution in [1.82, 2.24) is 24.8 Å². The molecule has 3 heterocycles. The maximum atomic E-state index is 6.61. The Bertz CT molecular complexity index is 1030. The van der Waals surface area contributed by atoms with Gasteiger partial charge in [-0.05, 0) is 43.9 Å². The predicted molar refractivity (Wildman–Crippen MR) is 102 cm³/mol. The van der Waals surface area contributed by atoms with E-state index in [2.05, 4.69) is 32.4 Å². The lowest BCUT2D eigenvalue weighted by Crippen LogP contribution is -2.31. The minimum absolute atomic E-state index is 0.353. The second-order valence-electron chi connectivity index (χ2n) is 6.90. The predicted octanol–water partition coefficient (Wildman–Crippen LogP) is 4.29. The summed E-state index contributed by atoms with van der Waals surface area (Å²) in [5.41, 5.74) is 4.10. The first-order valence-corrected chi connectivity index (χ1v) is 9.32. The molecule has 0 saturated heterocycles. The Kier molecular flexibility index (Phi) is 3.78. The Morgan fingerprint density at radius 1 is 1.08 bits per heavy atom. The van der Waals surface area contributed by atoms with Crippen LogP contribution >= 0.6 is 11.8 Å². The summed E-state index contributed by atoms with van der Waals surface area (Å²) in [6.07, 6.45) is 7.85. The molecule has 6 nitrogen and oxygen atoms in total. The summed E-state index contributed by atoms with van der Waals surface area (Å²) in [6.45, 7) is 0. The van der Waals surface area contributed by atoms with Gasteiger partial charge in [0.15, 0.2) is 0 Å². The number of hydrogen-bond donors (Lipinski definition) is 1. The molecule has 0 amide bonds. The van der Waals surface area contributed by atoms with Gasteiger partial charge in [0.1, 0.15) is 17.5 Å². The Balaban J connectivity index is 1.39. The average molecular weight is 367 g/mol. The Morgan fingerprint density at radius 2 is 1.88 bits per heavy atom. The van der Waals surface area contributed by atoms with Crippen molar-refractivity contribution < 1.29 is 0 Å². The molecule has 4 aromatic rings. The van der Waals surface area contributed by atoms with Crippen LogP contribution in [0.3, 0.4) is 0 Å². The number of aromatic amines is 1. The van der Waals surface area contributed by atoms with Crippen LogP contribution in [0.4, 0.5) is 5.69 Å². The van der Waals surface area contributed by atoms with E-state index in [1.165, 1.54) is 0 Å². The topological polar surface area (TPSA) is 62.1 Å². The zero-order chi connectivity index (χ0) is 17.5. The van der Waals surface area contributed by atoms with Gasteiger partial charge >= 0.3 is 0 Å². The van der Waals surface area contributed by atoms with E-state index >= 15 is 0 Å². The van der Waals surface area contributed by atoms with E-state index < -0.39 is 0 Å². The molecule has 0 radical (unpaired) electrons. The highest BCUT2D eigenvalue weighted by Crippen LogP contribution is 2.38. The Labute approximate surface area is 155 Å². The maximum absolute atomic E-state index is 6.61. The van der Waals surface area contributed by atoms with E-state index in [-0.39, 0.29) is 0 Å². The molecular weight excluding hydrogens is 348 g/mol. The summed E-state index contributed by atoms with van der Waals surface area (Å²) in [5, 5.41) is 9.85. The van der Waals surface area contributed by atoms with E-state index in [4.69, 9.17) is 11.8 Å². The number of rotatable bonds is 3. The van der Waals surface area contributed by atoms with E-state index in [1.807, 2.05) is 34.9 Å². The van der Waals surface area contributed by atoms with Crippen molar-refractivity contribution in [3.63, 3.8) is 0 Å². The van der Waals surface area contributed by atoms with Crippen molar-refractivity contribution in [3.05, 3.63) is 54.6 Å². The quantitative estimate of drug-likeness (QED) is 0.549. The standard InChI is InChI=1S/C19H19ClN6/c20-26(14-4-2-1-3-5-14)15-8-6-13(7-9-15)17-18-16-10-11-21-19(16)22-12-25(18)24-23-17/h1-5,10-13,15,21H,6-9H2. The number of hydrogen-bond acceptors (Lipinski definition) is 4. The molecule has 3 aromatic heterocycles. The van der Waals surface area contributed by atoms with Gasteiger partial charge in [0.25, 0.3) is 0 Å². The Hall–Kier alpha value is -2.60. The summed E-state index contributed by atoms with van der Waals surface area (Å²) in [7, 11) is 0. The molecule has 0 atom stereocenters. The zero-order valence-corrected chi connectivity index (χ0v) is 15.0. The number of halogens is 1. The first-order valence-electron chi connectivity index (χ1n) is 8.98. The Morgan fingerprint density at radius 3 is 2.69 bits per heavy atom. The number of H-pyrrole nitrogens is 1. The van der Waals surface area contributed by atoms with E-state index in [0.29, 0.717) is 12.0 Å². The molecule has 1 aromatic carbocycles. The molecule has 0 spiro atoms. The molecule has 5 rings (SSSR count). The van der Waals surface area contributed by atoms with Crippen LogP contribution in [0, 0.1) is 0 Å². The first-order chi connectivity index (χ1) is 12.8. The second-order valence-corrected chi connectivity index (χ2v) is 7.27. The number of para-hydroxylation sites is 1. The second kappa shape index (κ2) is 6.29. The van der Waals surface area contributed by atoms with E-state index in [0.717, 1.165) is 53.6 Å². The van der Waals surface area contributed by atoms with Gasteiger partial charge in [-0.25, -0.2) is 9.50 Å². The third-order valence-electron chi connectivity index (χ3n) is 5.40. The van der Waals surface area contributed by atoms with Gasteiger partial charge in [-0.1, -0.05) is 23.4 Å². The molecule has 1 aliphatic carbocycles. The van der Waals surface area contributed by atoms with Crippen molar-refractivity contribution in [2.75, 3.05) is 4.42 Å². The van der Waals surface area contributed by atoms with Crippen LogP contribution in [-0.4, -0.2) is 30.8 Å². The zero-order valence-electron chi connectivity index (χ0n) is 14.2. The van der Waals surface area contributed by atoms with Crippen LogP contribution in [0.25, 0.3) is 16.6 Å². The molecule has 0 unspecified atom stereocenters. The molecule has 1 fully saturated rings. The molecule has 132 valence electrons. The van der Waals surface area contributed by atoms with Gasteiger partial charge < -0.3 is 4.98 Å². The van der Waals surface area contributed by atoms with Crippen LogP contribution < -0.4 is 4.42 Å². The van der Waals surface area contributed by atoms with Crippen molar-refractivity contribution in [2.45, 2.75) is 37.6 Å². The van der Waals surface area contributed by atoms with E-state index in [9.17, 15) is 0 Å². The van der Waals surface area contributed by atoms with Crippen molar-refractivity contribution in [1.29, 1.82) is 0 Å². The minimum Gasteiger partial charge on any atom is -0.346 e. The molecule has 1 saturated carbocycles. The van der Waals surface area contributed by atoms with Crippen LogP contribution in [0.1, 0.15) is 37.3 Å². The largest absolute Gasteiger partial charge is 0.346 e. The van der Waals surface area contributed by atoms with E-state index in [1.54, 1.807) is 10.8 Å². The first kappa shape index (κ1) is 15.6. The van der Waals surface area contributed by atoms with Crippen LogP contribution in [0.15, 0.2) is 48.9 Å². The number of nitrogens with one attached hydrogen (secondary N) is 1. The van der Waals surface area contributed by atoms with Crippen molar-refractivity contribution in [3.8, 4) is 0 Å². The summed E-state index contributed by atoms with van der Waals surface area (Å²) < 4.78 is 3.68. The lowest BCUT2D eigenvalue weighted by Gasteiger charge is -2.33. The summed E-state index contributed by atoms with van der Waals surface area (Å²) in [5.74, 6) is 0.407. The number of benzene rings is 1. The number of aromatic nitrogens is 5. The highest BCUT2D eigenvalue weighted by Gasteiger charge is 2.29. The fourth-order valence-corrected chi connectivity index (χ4v) is 4.36. The van der Waals surface area contributed by atoms with Crippen LogP contribution in [-0.2, 0) is 0 Å². The number of fused-ring (bicyclic) bond motifs is 3.